The lowest BCUT2D eigenvalue weighted by Crippen LogP contribution is -2.31. The van der Waals surface area contributed by atoms with Crippen molar-refractivity contribution in [3.63, 3.8) is 0 Å². The molecule has 0 bridgehead atoms. The van der Waals surface area contributed by atoms with E-state index in [1.54, 1.807) is 0 Å². The van der Waals surface area contributed by atoms with E-state index >= 15 is 0 Å². The Morgan fingerprint density at radius 1 is 1.33 bits per heavy atom. The fourth-order valence-corrected chi connectivity index (χ4v) is 1.79. The number of nitrogens with one attached hydrogen (secondary N) is 1. The van der Waals surface area contributed by atoms with Crippen LogP contribution in [-0.4, -0.2) is 17.8 Å². The van der Waals surface area contributed by atoms with Gasteiger partial charge in [-0.05, 0) is 18.3 Å². The quantitative estimate of drug-likeness (QED) is 0.673. The summed E-state index contributed by atoms with van der Waals surface area (Å²) in [4.78, 5) is 11.4. The van der Waals surface area contributed by atoms with E-state index in [1.807, 2.05) is 0 Å². The summed E-state index contributed by atoms with van der Waals surface area (Å²) >= 11 is 6.08. The molecule has 15 heavy (non-hydrogen) atoms. The van der Waals surface area contributed by atoms with Crippen molar-refractivity contribution in [2.24, 2.45) is 11.8 Å². The average Bonchev–Trinajstić information content (AvgIpc) is 2.13. The maximum Gasteiger partial charge on any atom is 0.220 e. The minimum atomic E-state index is 0.0610. The fraction of sp³-hybridized carbons (Fsp3) is 0.917. The molecule has 0 fully saturated rings. The molecule has 3 heteroatoms. The lowest BCUT2D eigenvalue weighted by atomic mass is 10.0. The number of hydrogen-bond donors (Lipinski definition) is 1. The largest absolute Gasteiger partial charge is 0.355 e. The third-order valence-corrected chi connectivity index (χ3v) is 2.81. The standard InChI is InChI=1S/C12H24ClNO/c1-5-10(4)7-12(15)14-8-11(13)6-9(2)3/h9-11H,5-8H2,1-4H3,(H,14,15). The zero-order valence-corrected chi connectivity index (χ0v) is 11.1. The van der Waals surface area contributed by atoms with Gasteiger partial charge in [0.1, 0.15) is 0 Å². The van der Waals surface area contributed by atoms with Gasteiger partial charge in [0, 0.05) is 13.0 Å². The Morgan fingerprint density at radius 2 is 1.93 bits per heavy atom. The average molecular weight is 234 g/mol. The molecule has 0 aromatic rings. The lowest BCUT2D eigenvalue weighted by molar-refractivity contribution is -0.121. The Kier molecular flexibility index (Phi) is 7.85. The summed E-state index contributed by atoms with van der Waals surface area (Å²) < 4.78 is 0. The van der Waals surface area contributed by atoms with Crippen LogP contribution in [0.2, 0.25) is 0 Å². The Morgan fingerprint density at radius 3 is 2.40 bits per heavy atom. The van der Waals surface area contributed by atoms with Gasteiger partial charge >= 0.3 is 0 Å². The van der Waals surface area contributed by atoms with Crippen molar-refractivity contribution in [3.05, 3.63) is 0 Å². The molecule has 0 saturated heterocycles. The number of carbonyl (C=O) groups excluding carboxylic acids is 1. The van der Waals surface area contributed by atoms with Crippen molar-refractivity contribution < 1.29 is 4.79 Å². The van der Waals surface area contributed by atoms with Crippen LogP contribution in [0, 0.1) is 11.8 Å². The number of alkyl halides is 1. The molecule has 0 aromatic heterocycles. The van der Waals surface area contributed by atoms with Gasteiger partial charge in [-0.1, -0.05) is 34.1 Å². The highest BCUT2D eigenvalue weighted by atomic mass is 35.5. The van der Waals surface area contributed by atoms with Crippen LogP contribution in [0.3, 0.4) is 0 Å². The van der Waals surface area contributed by atoms with E-state index in [0.29, 0.717) is 24.8 Å². The van der Waals surface area contributed by atoms with Gasteiger partial charge in [-0.25, -0.2) is 0 Å². The van der Waals surface area contributed by atoms with Gasteiger partial charge in [0.25, 0.3) is 0 Å². The van der Waals surface area contributed by atoms with E-state index in [1.165, 1.54) is 0 Å². The fourth-order valence-electron chi connectivity index (χ4n) is 1.35. The minimum Gasteiger partial charge on any atom is -0.355 e. The van der Waals surface area contributed by atoms with Crippen molar-refractivity contribution >= 4 is 17.5 Å². The van der Waals surface area contributed by atoms with Crippen LogP contribution >= 0.6 is 11.6 Å². The minimum absolute atomic E-state index is 0.0610. The van der Waals surface area contributed by atoms with Crippen molar-refractivity contribution in [1.29, 1.82) is 0 Å². The van der Waals surface area contributed by atoms with Crippen LogP contribution in [0.15, 0.2) is 0 Å². The van der Waals surface area contributed by atoms with Crippen molar-refractivity contribution in [2.75, 3.05) is 6.54 Å². The monoisotopic (exact) mass is 233 g/mol. The van der Waals surface area contributed by atoms with Crippen LogP contribution in [0.25, 0.3) is 0 Å². The second kappa shape index (κ2) is 7.98. The second-order valence-electron chi connectivity index (χ2n) is 4.75. The summed E-state index contributed by atoms with van der Waals surface area (Å²) in [6.45, 7) is 9.05. The van der Waals surface area contributed by atoms with Gasteiger partial charge in [-0.15, -0.1) is 11.6 Å². The van der Waals surface area contributed by atoms with Gasteiger partial charge in [-0.3, -0.25) is 4.79 Å². The van der Waals surface area contributed by atoms with Crippen LogP contribution in [-0.2, 0) is 4.79 Å². The van der Waals surface area contributed by atoms with E-state index in [4.69, 9.17) is 11.6 Å². The van der Waals surface area contributed by atoms with Crippen molar-refractivity contribution in [3.8, 4) is 0 Å². The van der Waals surface area contributed by atoms with Gasteiger partial charge in [0.2, 0.25) is 5.91 Å². The molecular formula is C12H24ClNO. The van der Waals surface area contributed by atoms with Crippen LogP contribution < -0.4 is 5.32 Å². The Hall–Kier alpha value is -0.240. The van der Waals surface area contributed by atoms with Gasteiger partial charge in [-0.2, -0.15) is 0 Å². The third kappa shape index (κ3) is 8.73. The Labute approximate surface area is 98.8 Å². The van der Waals surface area contributed by atoms with Crippen LogP contribution in [0.1, 0.15) is 47.0 Å². The summed E-state index contributed by atoms with van der Waals surface area (Å²) in [7, 11) is 0. The zero-order valence-electron chi connectivity index (χ0n) is 10.3. The molecule has 0 aliphatic carbocycles. The molecule has 0 aliphatic heterocycles. The molecule has 0 radical (unpaired) electrons. The van der Waals surface area contributed by atoms with Gasteiger partial charge in [0.05, 0.1) is 5.38 Å². The van der Waals surface area contributed by atoms with Crippen LogP contribution in [0.5, 0.6) is 0 Å². The maximum atomic E-state index is 11.4. The SMILES string of the molecule is CCC(C)CC(=O)NCC(Cl)CC(C)C. The molecule has 1 N–H and O–H groups in total. The molecule has 0 aliphatic rings. The van der Waals surface area contributed by atoms with Crippen molar-refractivity contribution in [2.45, 2.75) is 52.3 Å². The molecular weight excluding hydrogens is 210 g/mol. The summed E-state index contributed by atoms with van der Waals surface area (Å²) in [6.07, 6.45) is 2.61. The molecule has 2 atom stereocenters. The number of carbonyl (C=O) groups is 1. The van der Waals surface area contributed by atoms with E-state index in [0.717, 1.165) is 12.8 Å². The molecule has 0 saturated carbocycles. The first-order valence-electron chi connectivity index (χ1n) is 5.86. The summed E-state index contributed by atoms with van der Waals surface area (Å²) in [6, 6.07) is 0. The van der Waals surface area contributed by atoms with E-state index in [2.05, 4.69) is 33.0 Å². The number of rotatable bonds is 7. The lowest BCUT2D eigenvalue weighted by Gasteiger charge is -2.14. The van der Waals surface area contributed by atoms with Crippen LogP contribution in [0.4, 0.5) is 0 Å². The predicted molar refractivity (Wildman–Crippen MR) is 66.2 cm³/mol. The highest BCUT2D eigenvalue weighted by molar-refractivity contribution is 6.20. The smallest absolute Gasteiger partial charge is 0.220 e. The Balaban J connectivity index is 3.61. The zero-order chi connectivity index (χ0) is 11.8. The summed E-state index contributed by atoms with van der Waals surface area (Å²) in [5, 5.41) is 2.94. The topological polar surface area (TPSA) is 29.1 Å². The van der Waals surface area contributed by atoms with Crippen molar-refractivity contribution in [1.82, 2.24) is 5.32 Å². The normalized spacial score (nSPS) is 15.1. The molecule has 0 rings (SSSR count). The highest BCUT2D eigenvalue weighted by Gasteiger charge is 2.10. The van der Waals surface area contributed by atoms with Gasteiger partial charge in [0.15, 0.2) is 0 Å². The predicted octanol–water partition coefficient (Wildman–Crippen LogP) is 3.19. The molecule has 0 spiro atoms. The summed E-state index contributed by atoms with van der Waals surface area (Å²) in [5.41, 5.74) is 0. The highest BCUT2D eigenvalue weighted by Crippen LogP contribution is 2.10. The number of amides is 1. The first-order chi connectivity index (χ1) is 6.95. The van der Waals surface area contributed by atoms with E-state index in [-0.39, 0.29) is 11.3 Å². The second-order valence-corrected chi connectivity index (χ2v) is 5.37. The molecule has 2 nitrogen and oxygen atoms in total. The number of hydrogen-bond acceptors (Lipinski definition) is 1. The summed E-state index contributed by atoms with van der Waals surface area (Å²) in [5.74, 6) is 1.17. The molecule has 1 amide bonds. The molecule has 0 heterocycles. The number of halogens is 1. The first kappa shape index (κ1) is 14.8. The van der Waals surface area contributed by atoms with E-state index in [9.17, 15) is 4.79 Å². The first-order valence-corrected chi connectivity index (χ1v) is 6.30. The Bertz CT molecular complexity index is 182. The maximum absolute atomic E-state index is 11.4. The van der Waals surface area contributed by atoms with E-state index < -0.39 is 0 Å². The third-order valence-electron chi connectivity index (χ3n) is 2.48. The molecule has 2 unspecified atom stereocenters. The molecule has 0 aromatic carbocycles. The van der Waals surface area contributed by atoms with Gasteiger partial charge < -0.3 is 5.32 Å². The molecule has 90 valence electrons.